The number of sulfone groups is 1. The molecule has 0 unspecified atom stereocenters. The van der Waals surface area contributed by atoms with Gasteiger partial charge in [0.25, 0.3) is 0 Å². The molecule has 14 heavy (non-hydrogen) atoms. The molecule has 1 aromatic carbocycles. The SMILES string of the molecule is C=C(Cl)CS(=O)(=O)Cc1ccccc1. The molecule has 1 aromatic rings. The first-order valence-corrected chi connectivity index (χ1v) is 6.27. The third kappa shape index (κ3) is 3.94. The first kappa shape index (κ1) is 11.3. The molecular formula is C10H11ClO2S. The molecule has 0 fully saturated rings. The van der Waals surface area contributed by atoms with Crippen molar-refractivity contribution in [2.45, 2.75) is 5.75 Å². The lowest BCUT2D eigenvalue weighted by atomic mass is 10.2. The highest BCUT2D eigenvalue weighted by molar-refractivity contribution is 7.90. The van der Waals surface area contributed by atoms with E-state index < -0.39 is 9.84 Å². The van der Waals surface area contributed by atoms with Crippen molar-refractivity contribution in [3.05, 3.63) is 47.5 Å². The minimum absolute atomic E-state index is 0.0135. The van der Waals surface area contributed by atoms with Crippen molar-refractivity contribution in [1.29, 1.82) is 0 Å². The van der Waals surface area contributed by atoms with Gasteiger partial charge in [-0.15, -0.1) is 0 Å². The van der Waals surface area contributed by atoms with E-state index in [0.717, 1.165) is 5.56 Å². The van der Waals surface area contributed by atoms with E-state index >= 15 is 0 Å². The van der Waals surface area contributed by atoms with Crippen molar-refractivity contribution < 1.29 is 8.42 Å². The second kappa shape index (κ2) is 4.62. The number of halogens is 1. The highest BCUT2D eigenvalue weighted by Gasteiger charge is 2.12. The molecule has 0 bridgehead atoms. The van der Waals surface area contributed by atoms with Crippen molar-refractivity contribution >= 4 is 21.4 Å². The maximum absolute atomic E-state index is 11.5. The second-order valence-corrected chi connectivity index (χ2v) is 5.63. The van der Waals surface area contributed by atoms with Gasteiger partial charge in [-0.1, -0.05) is 48.5 Å². The molecule has 0 aliphatic rings. The summed E-state index contributed by atoms with van der Waals surface area (Å²) in [5.74, 6) is -0.150. The molecule has 0 aromatic heterocycles. The Morgan fingerprint density at radius 3 is 2.36 bits per heavy atom. The van der Waals surface area contributed by atoms with Crippen molar-refractivity contribution in [2.24, 2.45) is 0 Å². The van der Waals surface area contributed by atoms with Crippen LogP contribution in [0.5, 0.6) is 0 Å². The molecule has 0 saturated carbocycles. The molecule has 0 amide bonds. The maximum atomic E-state index is 11.5. The fourth-order valence-electron chi connectivity index (χ4n) is 1.12. The predicted molar refractivity (Wildman–Crippen MR) is 58.9 cm³/mol. The Morgan fingerprint density at radius 2 is 1.86 bits per heavy atom. The molecule has 0 N–H and O–H groups in total. The molecule has 0 saturated heterocycles. The molecule has 1 rings (SSSR count). The maximum Gasteiger partial charge on any atom is 0.159 e. The van der Waals surface area contributed by atoms with Gasteiger partial charge in [-0.25, -0.2) is 8.42 Å². The Bertz CT molecular complexity index is 409. The van der Waals surface area contributed by atoms with Crippen molar-refractivity contribution in [2.75, 3.05) is 5.75 Å². The monoisotopic (exact) mass is 230 g/mol. The van der Waals surface area contributed by atoms with Gasteiger partial charge in [0.15, 0.2) is 9.84 Å². The van der Waals surface area contributed by atoms with Crippen molar-refractivity contribution in [3.8, 4) is 0 Å². The van der Waals surface area contributed by atoms with Gasteiger partial charge in [-0.05, 0) is 5.56 Å². The van der Waals surface area contributed by atoms with Gasteiger partial charge < -0.3 is 0 Å². The van der Waals surface area contributed by atoms with Gasteiger partial charge in [0.1, 0.15) is 0 Å². The van der Waals surface area contributed by atoms with Gasteiger partial charge in [0, 0.05) is 5.03 Å². The average Bonchev–Trinajstić information content (AvgIpc) is 2.02. The van der Waals surface area contributed by atoms with Gasteiger partial charge in [-0.2, -0.15) is 0 Å². The number of rotatable bonds is 4. The van der Waals surface area contributed by atoms with Crippen LogP contribution in [0.25, 0.3) is 0 Å². The van der Waals surface area contributed by atoms with Gasteiger partial charge in [-0.3, -0.25) is 0 Å². The zero-order valence-electron chi connectivity index (χ0n) is 7.61. The quantitative estimate of drug-likeness (QED) is 0.796. The fraction of sp³-hybridized carbons (Fsp3) is 0.200. The minimum atomic E-state index is -3.17. The summed E-state index contributed by atoms with van der Waals surface area (Å²) in [6.45, 7) is 3.37. The summed E-state index contributed by atoms with van der Waals surface area (Å²) >= 11 is 5.45. The third-order valence-electron chi connectivity index (χ3n) is 1.61. The lowest BCUT2D eigenvalue weighted by Gasteiger charge is -2.02. The lowest BCUT2D eigenvalue weighted by Crippen LogP contribution is -2.08. The molecule has 0 aliphatic carbocycles. The molecule has 0 atom stereocenters. The molecule has 0 spiro atoms. The van der Waals surface area contributed by atoms with Crippen molar-refractivity contribution in [3.63, 3.8) is 0 Å². The summed E-state index contributed by atoms with van der Waals surface area (Å²) in [4.78, 5) is 0. The molecule has 76 valence electrons. The molecule has 0 radical (unpaired) electrons. The van der Waals surface area contributed by atoms with Crippen LogP contribution in [0, 0.1) is 0 Å². The van der Waals surface area contributed by atoms with Crippen LogP contribution in [0.3, 0.4) is 0 Å². The number of hydrogen-bond acceptors (Lipinski definition) is 2. The topological polar surface area (TPSA) is 34.1 Å². The van der Waals surface area contributed by atoms with Gasteiger partial charge >= 0.3 is 0 Å². The van der Waals surface area contributed by atoms with E-state index in [2.05, 4.69) is 6.58 Å². The fourth-order valence-corrected chi connectivity index (χ4v) is 2.90. The Morgan fingerprint density at radius 1 is 1.29 bits per heavy atom. The first-order chi connectivity index (χ1) is 6.49. The Labute approximate surface area is 89.1 Å². The van der Waals surface area contributed by atoms with Gasteiger partial charge in [0.2, 0.25) is 0 Å². The summed E-state index contributed by atoms with van der Waals surface area (Å²) in [6.07, 6.45) is 0. The van der Waals surface area contributed by atoms with Crippen LogP contribution in [0.4, 0.5) is 0 Å². The van der Waals surface area contributed by atoms with E-state index in [1.165, 1.54) is 0 Å². The standard InChI is InChI=1S/C10H11ClO2S/c1-9(11)7-14(12,13)8-10-5-3-2-4-6-10/h2-6H,1,7-8H2. The molecular weight excluding hydrogens is 220 g/mol. The third-order valence-corrected chi connectivity index (χ3v) is 3.46. The van der Waals surface area contributed by atoms with Crippen LogP contribution in [-0.4, -0.2) is 14.2 Å². The summed E-state index contributed by atoms with van der Waals surface area (Å²) in [5, 5.41) is 0.154. The number of hydrogen-bond donors (Lipinski definition) is 0. The van der Waals surface area contributed by atoms with Crippen LogP contribution in [-0.2, 0) is 15.6 Å². The van der Waals surface area contributed by atoms with E-state index in [4.69, 9.17) is 11.6 Å². The highest BCUT2D eigenvalue weighted by atomic mass is 35.5. The largest absolute Gasteiger partial charge is 0.228 e. The Hall–Kier alpha value is -0.800. The average molecular weight is 231 g/mol. The van der Waals surface area contributed by atoms with Crippen LogP contribution >= 0.6 is 11.6 Å². The summed E-state index contributed by atoms with van der Waals surface area (Å²) in [5.41, 5.74) is 0.769. The Balaban J connectivity index is 2.74. The van der Waals surface area contributed by atoms with Crippen molar-refractivity contribution in [1.82, 2.24) is 0 Å². The molecule has 0 aliphatic heterocycles. The summed E-state index contributed by atoms with van der Waals surface area (Å²) < 4.78 is 22.9. The van der Waals surface area contributed by atoms with E-state index in [9.17, 15) is 8.42 Å². The lowest BCUT2D eigenvalue weighted by molar-refractivity contribution is 0.598. The normalized spacial score (nSPS) is 11.2. The van der Waals surface area contributed by atoms with Crippen LogP contribution in [0.1, 0.15) is 5.56 Å². The Kier molecular flexibility index (Phi) is 3.72. The smallest absolute Gasteiger partial charge is 0.159 e. The molecule has 4 heteroatoms. The minimum Gasteiger partial charge on any atom is -0.228 e. The number of benzene rings is 1. The van der Waals surface area contributed by atoms with Crippen LogP contribution < -0.4 is 0 Å². The highest BCUT2D eigenvalue weighted by Crippen LogP contribution is 2.10. The van der Waals surface area contributed by atoms with Crippen LogP contribution in [0.2, 0.25) is 0 Å². The summed E-state index contributed by atoms with van der Waals surface area (Å²) in [6, 6.07) is 9.00. The van der Waals surface area contributed by atoms with E-state index in [1.54, 1.807) is 24.3 Å². The second-order valence-electron chi connectivity index (χ2n) is 3.04. The first-order valence-electron chi connectivity index (χ1n) is 4.07. The molecule has 0 heterocycles. The summed E-state index contributed by atoms with van der Waals surface area (Å²) in [7, 11) is -3.17. The predicted octanol–water partition coefficient (Wildman–Crippen LogP) is 2.35. The van der Waals surface area contributed by atoms with E-state index in [1.807, 2.05) is 6.07 Å². The van der Waals surface area contributed by atoms with Gasteiger partial charge in [0.05, 0.1) is 11.5 Å². The molecule has 2 nitrogen and oxygen atoms in total. The zero-order valence-corrected chi connectivity index (χ0v) is 9.18. The van der Waals surface area contributed by atoms with E-state index in [0.29, 0.717) is 0 Å². The van der Waals surface area contributed by atoms with E-state index in [-0.39, 0.29) is 16.5 Å². The van der Waals surface area contributed by atoms with Crippen LogP contribution in [0.15, 0.2) is 41.9 Å². The zero-order chi connectivity index (χ0) is 10.6.